The van der Waals surface area contributed by atoms with Crippen molar-refractivity contribution in [3.63, 3.8) is 0 Å². The fourth-order valence-electron chi connectivity index (χ4n) is 3.29. The first-order valence-corrected chi connectivity index (χ1v) is 10.5. The molecule has 168 valence electrons. The van der Waals surface area contributed by atoms with Crippen molar-refractivity contribution in [2.45, 2.75) is 27.2 Å². The average Bonchev–Trinajstić information content (AvgIpc) is 3.15. The molecule has 0 spiro atoms. The number of carbonyl (C=O) groups is 2. The van der Waals surface area contributed by atoms with Gasteiger partial charge in [-0.1, -0.05) is 30.3 Å². The summed E-state index contributed by atoms with van der Waals surface area (Å²) >= 11 is 0. The fraction of sp³-hybridized carbons (Fsp3) is 0.320. The molecule has 0 saturated heterocycles. The van der Waals surface area contributed by atoms with E-state index in [-0.39, 0.29) is 24.8 Å². The van der Waals surface area contributed by atoms with Crippen LogP contribution in [0.15, 0.2) is 52.9 Å². The van der Waals surface area contributed by atoms with Crippen LogP contribution in [0, 0.1) is 20.8 Å². The predicted octanol–water partition coefficient (Wildman–Crippen LogP) is 3.92. The minimum atomic E-state index is -0.259. The average molecular weight is 436 g/mol. The number of benzene rings is 2. The molecule has 7 heteroatoms. The largest absolute Gasteiger partial charge is 0.441 e. The standard InChI is InChI=1S/C25H29N3O4/c1-17-9-8-12-21(18(17)2)26-23(29)16-28(13-14-31-4)24(30)15-22-19(3)32-25(27-22)20-10-6-5-7-11-20/h5-12H,13-16H2,1-4H3,(H,26,29). The maximum absolute atomic E-state index is 13.0. The Balaban J connectivity index is 1.70. The van der Waals surface area contributed by atoms with Gasteiger partial charge in [-0.2, -0.15) is 0 Å². The van der Waals surface area contributed by atoms with Crippen LogP contribution < -0.4 is 5.32 Å². The van der Waals surface area contributed by atoms with E-state index in [4.69, 9.17) is 9.15 Å². The summed E-state index contributed by atoms with van der Waals surface area (Å²) in [4.78, 5) is 31.7. The number of carbonyl (C=O) groups excluding carboxylic acids is 2. The smallest absolute Gasteiger partial charge is 0.244 e. The Labute approximate surface area is 188 Å². The molecule has 0 radical (unpaired) electrons. The number of hydrogen-bond acceptors (Lipinski definition) is 5. The van der Waals surface area contributed by atoms with Gasteiger partial charge in [0.15, 0.2) is 0 Å². The summed E-state index contributed by atoms with van der Waals surface area (Å²) in [6, 6.07) is 15.3. The van der Waals surface area contributed by atoms with Gasteiger partial charge >= 0.3 is 0 Å². The van der Waals surface area contributed by atoms with Crippen LogP contribution >= 0.6 is 0 Å². The lowest BCUT2D eigenvalue weighted by Crippen LogP contribution is -2.41. The van der Waals surface area contributed by atoms with Gasteiger partial charge in [0, 0.05) is 24.9 Å². The van der Waals surface area contributed by atoms with Crippen LogP contribution in [0.2, 0.25) is 0 Å². The summed E-state index contributed by atoms with van der Waals surface area (Å²) in [6.45, 7) is 6.29. The van der Waals surface area contributed by atoms with Gasteiger partial charge in [-0.3, -0.25) is 9.59 Å². The SMILES string of the molecule is COCCN(CC(=O)Nc1cccc(C)c1C)C(=O)Cc1nc(-c2ccccc2)oc1C. The van der Waals surface area contributed by atoms with Gasteiger partial charge < -0.3 is 19.4 Å². The number of nitrogens with zero attached hydrogens (tertiary/aromatic N) is 2. The molecule has 1 N–H and O–H groups in total. The zero-order chi connectivity index (χ0) is 23.1. The molecule has 0 aliphatic carbocycles. The van der Waals surface area contributed by atoms with Crippen LogP contribution in [-0.2, 0) is 20.7 Å². The number of methoxy groups -OCH3 is 1. The first-order valence-electron chi connectivity index (χ1n) is 10.5. The molecule has 0 aliphatic rings. The maximum Gasteiger partial charge on any atom is 0.244 e. The molecule has 3 rings (SSSR count). The Bertz CT molecular complexity index is 1080. The van der Waals surface area contributed by atoms with Crippen LogP contribution in [0.4, 0.5) is 5.69 Å². The lowest BCUT2D eigenvalue weighted by atomic mass is 10.1. The van der Waals surface area contributed by atoms with E-state index in [2.05, 4.69) is 10.3 Å². The first kappa shape index (κ1) is 23.2. The number of hydrogen-bond donors (Lipinski definition) is 1. The number of rotatable bonds is 9. The van der Waals surface area contributed by atoms with Gasteiger partial charge in [0.2, 0.25) is 17.7 Å². The summed E-state index contributed by atoms with van der Waals surface area (Å²) in [5.41, 5.74) is 4.24. The lowest BCUT2D eigenvalue weighted by molar-refractivity contribution is -0.134. The third-order valence-corrected chi connectivity index (χ3v) is 5.36. The Kier molecular flexibility index (Phi) is 7.78. The molecule has 0 atom stereocenters. The van der Waals surface area contributed by atoms with Gasteiger partial charge in [0.05, 0.1) is 25.3 Å². The molecular formula is C25H29N3O4. The summed E-state index contributed by atoms with van der Waals surface area (Å²) in [5.74, 6) is 0.588. The van der Waals surface area contributed by atoms with Gasteiger partial charge in [-0.05, 0) is 50.1 Å². The Morgan fingerprint density at radius 2 is 1.81 bits per heavy atom. The summed E-state index contributed by atoms with van der Waals surface area (Å²) < 4.78 is 10.9. The van der Waals surface area contributed by atoms with Crippen molar-refractivity contribution in [3.8, 4) is 11.5 Å². The molecule has 32 heavy (non-hydrogen) atoms. The van der Waals surface area contributed by atoms with Crippen molar-refractivity contribution in [2.24, 2.45) is 0 Å². The number of aromatic nitrogens is 1. The normalized spacial score (nSPS) is 10.8. The second kappa shape index (κ2) is 10.7. The van der Waals surface area contributed by atoms with Crippen molar-refractivity contribution < 1.29 is 18.7 Å². The van der Waals surface area contributed by atoms with Crippen LogP contribution in [0.25, 0.3) is 11.5 Å². The monoisotopic (exact) mass is 435 g/mol. The molecule has 0 aliphatic heterocycles. The van der Waals surface area contributed by atoms with E-state index in [0.29, 0.717) is 30.5 Å². The van der Waals surface area contributed by atoms with Crippen molar-refractivity contribution >= 4 is 17.5 Å². The van der Waals surface area contributed by atoms with E-state index in [1.807, 2.05) is 62.4 Å². The molecular weight excluding hydrogens is 406 g/mol. The van der Waals surface area contributed by atoms with Crippen molar-refractivity contribution in [2.75, 3.05) is 32.1 Å². The molecule has 1 aromatic heterocycles. The Morgan fingerprint density at radius 3 is 2.53 bits per heavy atom. The van der Waals surface area contributed by atoms with E-state index in [9.17, 15) is 9.59 Å². The zero-order valence-corrected chi connectivity index (χ0v) is 19.0. The maximum atomic E-state index is 13.0. The van der Waals surface area contributed by atoms with E-state index < -0.39 is 0 Å². The highest BCUT2D eigenvalue weighted by Gasteiger charge is 2.21. The van der Waals surface area contributed by atoms with Crippen molar-refractivity contribution in [1.29, 1.82) is 0 Å². The highest BCUT2D eigenvalue weighted by molar-refractivity contribution is 5.95. The van der Waals surface area contributed by atoms with Crippen LogP contribution in [0.1, 0.15) is 22.6 Å². The quantitative estimate of drug-likeness (QED) is 0.551. The fourth-order valence-corrected chi connectivity index (χ4v) is 3.29. The van der Waals surface area contributed by atoms with E-state index >= 15 is 0 Å². The molecule has 0 unspecified atom stereocenters. The summed E-state index contributed by atoms with van der Waals surface area (Å²) in [6.07, 6.45) is 0.0443. The number of anilines is 1. The molecule has 2 amide bonds. The minimum Gasteiger partial charge on any atom is -0.441 e. The minimum absolute atomic E-state index is 0.0443. The molecule has 7 nitrogen and oxygen atoms in total. The highest BCUT2D eigenvalue weighted by Crippen LogP contribution is 2.22. The third-order valence-electron chi connectivity index (χ3n) is 5.36. The first-order chi connectivity index (χ1) is 15.4. The second-order valence-corrected chi connectivity index (χ2v) is 7.67. The second-order valence-electron chi connectivity index (χ2n) is 7.67. The van der Waals surface area contributed by atoms with Crippen molar-refractivity contribution in [1.82, 2.24) is 9.88 Å². The summed E-state index contributed by atoms with van der Waals surface area (Å²) in [5, 5.41) is 2.91. The Hall–Kier alpha value is -3.45. The Morgan fingerprint density at radius 1 is 1.06 bits per heavy atom. The number of ether oxygens (including phenoxy) is 1. The lowest BCUT2D eigenvalue weighted by Gasteiger charge is -2.22. The highest BCUT2D eigenvalue weighted by atomic mass is 16.5. The number of oxazole rings is 1. The molecule has 2 aromatic carbocycles. The van der Waals surface area contributed by atoms with Gasteiger partial charge in [-0.25, -0.2) is 4.98 Å². The van der Waals surface area contributed by atoms with Crippen molar-refractivity contribution in [3.05, 3.63) is 71.1 Å². The van der Waals surface area contributed by atoms with Gasteiger partial charge in [0.1, 0.15) is 5.76 Å². The molecule has 0 fully saturated rings. The molecule has 0 saturated carbocycles. The third kappa shape index (κ3) is 5.82. The van der Waals surface area contributed by atoms with Crippen LogP contribution in [-0.4, -0.2) is 48.5 Å². The topological polar surface area (TPSA) is 84.7 Å². The van der Waals surface area contributed by atoms with Gasteiger partial charge in [-0.15, -0.1) is 0 Å². The number of amides is 2. The van der Waals surface area contributed by atoms with E-state index in [0.717, 1.165) is 22.4 Å². The van der Waals surface area contributed by atoms with Crippen LogP contribution in [0.5, 0.6) is 0 Å². The van der Waals surface area contributed by atoms with Gasteiger partial charge in [0.25, 0.3) is 0 Å². The van der Waals surface area contributed by atoms with Crippen LogP contribution in [0.3, 0.4) is 0 Å². The predicted molar refractivity (Wildman–Crippen MR) is 123 cm³/mol. The molecule has 0 bridgehead atoms. The van der Waals surface area contributed by atoms with E-state index in [1.54, 1.807) is 14.0 Å². The number of nitrogens with one attached hydrogen (secondary N) is 1. The molecule has 1 heterocycles. The number of aryl methyl sites for hydroxylation is 2. The summed E-state index contributed by atoms with van der Waals surface area (Å²) in [7, 11) is 1.56. The molecule has 3 aromatic rings. The van der Waals surface area contributed by atoms with E-state index in [1.165, 1.54) is 4.90 Å². The zero-order valence-electron chi connectivity index (χ0n) is 19.0.